The van der Waals surface area contributed by atoms with Gasteiger partial charge in [-0.05, 0) is 37.8 Å². The van der Waals surface area contributed by atoms with Gasteiger partial charge in [0.15, 0.2) is 0 Å². The van der Waals surface area contributed by atoms with Crippen molar-refractivity contribution in [1.29, 1.82) is 0 Å². The van der Waals surface area contributed by atoms with Crippen molar-refractivity contribution in [3.8, 4) is 0 Å². The number of halogens is 3. The molecule has 1 N–H and O–H groups in total. The van der Waals surface area contributed by atoms with Crippen LogP contribution in [0.4, 0.5) is 13.2 Å². The summed E-state index contributed by atoms with van der Waals surface area (Å²) in [4.78, 5) is 18.4. The monoisotopic (exact) mass is 407 g/mol. The number of aryl methyl sites for hydroxylation is 1. The van der Waals surface area contributed by atoms with Gasteiger partial charge >= 0.3 is 6.18 Å². The van der Waals surface area contributed by atoms with Crippen LogP contribution in [0.2, 0.25) is 0 Å². The molecule has 0 spiro atoms. The molecule has 0 radical (unpaired) electrons. The number of rotatable bonds is 4. The van der Waals surface area contributed by atoms with Crippen molar-refractivity contribution in [2.24, 2.45) is 7.05 Å². The molecule has 0 aromatic carbocycles. The van der Waals surface area contributed by atoms with Crippen LogP contribution in [0.5, 0.6) is 0 Å². The molecule has 2 bridgehead atoms. The zero-order valence-corrected chi connectivity index (χ0v) is 16.2. The van der Waals surface area contributed by atoms with E-state index in [9.17, 15) is 18.0 Å². The predicted molar refractivity (Wildman–Crippen MR) is 99.9 cm³/mol. The van der Waals surface area contributed by atoms with Crippen LogP contribution >= 0.6 is 0 Å². The first kappa shape index (κ1) is 19.9. The van der Waals surface area contributed by atoms with Gasteiger partial charge in [-0.25, -0.2) is 0 Å². The van der Waals surface area contributed by atoms with Gasteiger partial charge in [0.25, 0.3) is 5.91 Å². The lowest BCUT2D eigenvalue weighted by Crippen LogP contribution is -2.56. The summed E-state index contributed by atoms with van der Waals surface area (Å²) in [5.41, 5.74) is 0.343. The number of carbonyl (C=O) groups excluding carboxylic acids is 1. The molecule has 29 heavy (non-hydrogen) atoms. The molecule has 2 aliphatic heterocycles. The fourth-order valence-corrected chi connectivity index (χ4v) is 4.58. The molecule has 0 aliphatic carbocycles. The van der Waals surface area contributed by atoms with E-state index in [-0.39, 0.29) is 17.5 Å². The molecule has 2 saturated heterocycles. The molecule has 9 heteroatoms. The van der Waals surface area contributed by atoms with Crippen molar-refractivity contribution in [2.75, 3.05) is 0 Å². The average molecular weight is 407 g/mol. The molecule has 2 aromatic heterocycles. The number of fused-ring (bicyclic) bond motifs is 2. The lowest BCUT2D eigenvalue weighted by atomic mass is 9.81. The summed E-state index contributed by atoms with van der Waals surface area (Å²) in [7, 11) is 1.90. The lowest BCUT2D eigenvalue weighted by molar-refractivity contribution is -0.141. The van der Waals surface area contributed by atoms with Crippen LogP contribution in [0, 0.1) is 0 Å². The number of hydrogen-bond donors (Lipinski definition) is 1. The van der Waals surface area contributed by atoms with Crippen LogP contribution in [-0.2, 0) is 19.8 Å². The Morgan fingerprint density at radius 3 is 2.48 bits per heavy atom. The van der Waals surface area contributed by atoms with Gasteiger partial charge in [-0.3, -0.25) is 19.4 Å². The van der Waals surface area contributed by atoms with Crippen LogP contribution in [-0.4, -0.2) is 43.7 Å². The van der Waals surface area contributed by atoms with Crippen LogP contribution < -0.4 is 5.32 Å². The van der Waals surface area contributed by atoms with Crippen LogP contribution in [0.1, 0.15) is 53.7 Å². The molecular weight excluding hydrogens is 383 g/mol. The van der Waals surface area contributed by atoms with E-state index in [0.717, 1.165) is 44.5 Å². The van der Waals surface area contributed by atoms with E-state index in [0.29, 0.717) is 12.1 Å². The van der Waals surface area contributed by atoms with Crippen molar-refractivity contribution < 1.29 is 18.0 Å². The molecule has 4 heterocycles. The van der Waals surface area contributed by atoms with Crippen LogP contribution in [0.15, 0.2) is 30.7 Å². The topological polar surface area (TPSA) is 63.0 Å². The Kier molecular flexibility index (Phi) is 5.33. The fraction of sp³-hybridized carbons (Fsp3) is 0.550. The van der Waals surface area contributed by atoms with E-state index < -0.39 is 11.9 Å². The number of piperidine rings is 2. The molecule has 2 aliphatic rings. The van der Waals surface area contributed by atoms with E-state index in [2.05, 4.69) is 20.3 Å². The third-order valence-corrected chi connectivity index (χ3v) is 5.90. The smallest absolute Gasteiger partial charge is 0.349 e. The maximum Gasteiger partial charge on any atom is 0.433 e. The summed E-state index contributed by atoms with van der Waals surface area (Å²) < 4.78 is 39.7. The van der Waals surface area contributed by atoms with Crippen LogP contribution in [0.3, 0.4) is 0 Å². The van der Waals surface area contributed by atoms with Gasteiger partial charge in [0.2, 0.25) is 0 Å². The Morgan fingerprint density at radius 2 is 1.93 bits per heavy atom. The van der Waals surface area contributed by atoms with Gasteiger partial charge in [-0.15, -0.1) is 0 Å². The largest absolute Gasteiger partial charge is 0.433 e. The Hall–Kier alpha value is -2.42. The zero-order chi connectivity index (χ0) is 20.6. The maximum atomic E-state index is 12.6. The van der Waals surface area contributed by atoms with E-state index in [1.165, 1.54) is 18.1 Å². The quantitative estimate of drug-likeness (QED) is 0.846. The molecule has 6 nitrogen and oxygen atoms in total. The second kappa shape index (κ2) is 7.78. The van der Waals surface area contributed by atoms with Crippen molar-refractivity contribution in [3.05, 3.63) is 47.5 Å². The van der Waals surface area contributed by atoms with Crippen molar-refractivity contribution in [1.82, 2.24) is 25.0 Å². The minimum Gasteiger partial charge on any atom is -0.349 e. The third kappa shape index (κ3) is 4.44. The SMILES string of the molecule is Cn1cc(CN2[C@@H]3CCC[C@H]2CC(NC(=O)c2ccc(C(F)(F)F)nc2)C3)cn1. The molecule has 3 atom stereocenters. The minimum atomic E-state index is -4.51. The summed E-state index contributed by atoms with van der Waals surface area (Å²) >= 11 is 0. The van der Waals surface area contributed by atoms with Gasteiger partial charge in [-0.2, -0.15) is 18.3 Å². The molecule has 2 aromatic rings. The third-order valence-electron chi connectivity index (χ3n) is 5.90. The molecule has 2 fully saturated rings. The number of carbonyl (C=O) groups is 1. The highest BCUT2D eigenvalue weighted by molar-refractivity contribution is 5.94. The van der Waals surface area contributed by atoms with Gasteiger partial charge in [0.1, 0.15) is 5.69 Å². The highest BCUT2D eigenvalue weighted by Gasteiger charge is 2.39. The highest BCUT2D eigenvalue weighted by atomic mass is 19.4. The average Bonchev–Trinajstić information content (AvgIpc) is 3.06. The Balaban J connectivity index is 1.39. The first-order chi connectivity index (χ1) is 13.8. The summed E-state index contributed by atoms with van der Waals surface area (Å²) in [5, 5.41) is 7.25. The Morgan fingerprint density at radius 1 is 1.21 bits per heavy atom. The Labute approximate surface area is 167 Å². The normalized spacial score (nSPS) is 25.0. The fourth-order valence-electron chi connectivity index (χ4n) is 4.58. The molecule has 156 valence electrons. The summed E-state index contributed by atoms with van der Waals surface area (Å²) in [5.74, 6) is -0.366. The second-order valence-corrected chi connectivity index (χ2v) is 8.00. The van der Waals surface area contributed by atoms with E-state index in [1.807, 2.05) is 19.4 Å². The predicted octanol–water partition coefficient (Wildman–Crippen LogP) is 3.15. The number of hydrogen-bond acceptors (Lipinski definition) is 4. The second-order valence-electron chi connectivity index (χ2n) is 8.00. The molecule has 1 unspecified atom stereocenters. The zero-order valence-electron chi connectivity index (χ0n) is 16.2. The number of amides is 1. The summed E-state index contributed by atoms with van der Waals surface area (Å²) in [6.45, 7) is 0.854. The lowest BCUT2D eigenvalue weighted by Gasteiger charge is -2.49. The minimum absolute atomic E-state index is 0.0187. The van der Waals surface area contributed by atoms with Gasteiger partial charge < -0.3 is 5.32 Å². The van der Waals surface area contributed by atoms with E-state index in [4.69, 9.17) is 0 Å². The van der Waals surface area contributed by atoms with E-state index >= 15 is 0 Å². The summed E-state index contributed by atoms with van der Waals surface area (Å²) in [6, 6.07) is 2.83. The maximum absolute atomic E-state index is 12.6. The van der Waals surface area contributed by atoms with Gasteiger partial charge in [0.05, 0.1) is 11.8 Å². The standard InChI is InChI=1S/C20H24F3N5O/c1-27-11-13(9-25-27)12-28-16-3-2-4-17(28)8-15(7-16)26-19(29)14-5-6-18(24-10-14)20(21,22)23/h5-6,9-11,15-17H,2-4,7-8,12H2,1H3,(H,26,29)/t15?,16-,17+. The Bertz CT molecular complexity index is 850. The first-order valence-corrected chi connectivity index (χ1v) is 9.87. The van der Waals surface area contributed by atoms with Gasteiger partial charge in [0, 0.05) is 49.7 Å². The first-order valence-electron chi connectivity index (χ1n) is 9.87. The molecule has 1 amide bonds. The number of alkyl halides is 3. The number of pyridine rings is 1. The number of nitrogens with zero attached hydrogens (tertiary/aromatic N) is 4. The van der Waals surface area contributed by atoms with Crippen molar-refractivity contribution in [3.63, 3.8) is 0 Å². The molecule has 0 saturated carbocycles. The van der Waals surface area contributed by atoms with Gasteiger partial charge in [-0.1, -0.05) is 6.42 Å². The highest BCUT2D eigenvalue weighted by Crippen LogP contribution is 2.35. The molecular formula is C20H24F3N5O. The molecule has 4 rings (SSSR count). The van der Waals surface area contributed by atoms with Crippen LogP contribution in [0.25, 0.3) is 0 Å². The summed E-state index contributed by atoms with van der Waals surface area (Å²) in [6.07, 6.45) is 5.46. The number of nitrogens with one attached hydrogen (secondary N) is 1. The van der Waals surface area contributed by atoms with Crippen molar-refractivity contribution >= 4 is 5.91 Å². The van der Waals surface area contributed by atoms with E-state index in [1.54, 1.807) is 4.68 Å². The number of aromatic nitrogens is 3. The van der Waals surface area contributed by atoms with Crippen molar-refractivity contribution in [2.45, 2.75) is 63.0 Å².